The maximum Gasteiger partial charge on any atom is 0.416 e. The molecule has 2 aromatic rings. The SMILES string of the molecule is CCN1[C@H](c2cc(-c3ccc(C(F)(F)F)cc3)ccn2)CC[C@]12CCCNC2=O.Cl. The molecule has 8 heteroatoms. The number of benzene rings is 1. The van der Waals surface area contributed by atoms with Crippen molar-refractivity contribution < 1.29 is 18.0 Å². The van der Waals surface area contributed by atoms with Crippen molar-refractivity contribution in [3.8, 4) is 11.1 Å². The van der Waals surface area contributed by atoms with E-state index in [1.54, 1.807) is 12.3 Å². The van der Waals surface area contributed by atoms with Crippen LogP contribution in [0.2, 0.25) is 0 Å². The minimum atomic E-state index is -4.34. The number of alkyl halides is 3. The van der Waals surface area contributed by atoms with Crippen molar-refractivity contribution in [1.82, 2.24) is 15.2 Å². The highest BCUT2D eigenvalue weighted by Crippen LogP contribution is 2.46. The van der Waals surface area contributed by atoms with Crippen LogP contribution in [0, 0.1) is 0 Å². The molecule has 2 atom stereocenters. The van der Waals surface area contributed by atoms with E-state index < -0.39 is 17.3 Å². The van der Waals surface area contributed by atoms with Gasteiger partial charge >= 0.3 is 6.18 Å². The fraction of sp³-hybridized carbons (Fsp3) is 0.455. The summed E-state index contributed by atoms with van der Waals surface area (Å²) in [7, 11) is 0. The topological polar surface area (TPSA) is 45.2 Å². The summed E-state index contributed by atoms with van der Waals surface area (Å²) in [6.45, 7) is 3.52. The van der Waals surface area contributed by atoms with E-state index in [0.717, 1.165) is 62.2 Å². The molecule has 0 bridgehead atoms. The highest BCUT2D eigenvalue weighted by atomic mass is 35.5. The van der Waals surface area contributed by atoms with Crippen LogP contribution >= 0.6 is 12.4 Å². The van der Waals surface area contributed by atoms with E-state index in [2.05, 4.69) is 22.1 Å². The van der Waals surface area contributed by atoms with Crippen molar-refractivity contribution in [2.45, 2.75) is 50.4 Å². The smallest absolute Gasteiger partial charge is 0.354 e. The Morgan fingerprint density at radius 2 is 1.90 bits per heavy atom. The summed E-state index contributed by atoms with van der Waals surface area (Å²) in [6.07, 6.45) is 0.800. The van der Waals surface area contributed by atoms with Gasteiger partial charge in [0, 0.05) is 12.7 Å². The highest BCUT2D eigenvalue weighted by Gasteiger charge is 2.52. The summed E-state index contributed by atoms with van der Waals surface area (Å²) < 4.78 is 38.5. The normalized spacial score (nSPS) is 24.5. The lowest BCUT2D eigenvalue weighted by molar-refractivity contribution is -0.137. The number of carbonyl (C=O) groups is 1. The third-order valence-corrected chi connectivity index (χ3v) is 6.24. The predicted octanol–water partition coefficient (Wildman–Crippen LogP) is 4.99. The molecule has 1 spiro atoms. The Kier molecular flexibility index (Phi) is 6.43. The molecule has 30 heavy (non-hydrogen) atoms. The number of aromatic nitrogens is 1. The first-order valence-corrected chi connectivity index (χ1v) is 10.0. The standard InChI is InChI=1S/C22H24F3N3O.ClH/c1-2-28-19(8-11-21(28)10-3-12-27-20(21)29)18-14-16(9-13-26-18)15-4-6-17(7-5-15)22(23,24)25;/h4-7,9,13-14,19H,2-3,8,10-12H2,1H3,(H,27,29);1H/t19-,21-;/m0./s1. The molecule has 2 aliphatic heterocycles. The number of nitrogens with zero attached hydrogens (tertiary/aromatic N) is 2. The van der Waals surface area contributed by atoms with E-state index in [-0.39, 0.29) is 24.4 Å². The third kappa shape index (κ3) is 3.93. The van der Waals surface area contributed by atoms with Gasteiger partial charge in [0.05, 0.1) is 17.3 Å². The van der Waals surface area contributed by atoms with Gasteiger partial charge in [0.15, 0.2) is 0 Å². The second-order valence-electron chi connectivity index (χ2n) is 7.78. The Balaban J connectivity index is 0.00000256. The zero-order valence-electron chi connectivity index (χ0n) is 16.7. The molecule has 0 radical (unpaired) electrons. The van der Waals surface area contributed by atoms with Crippen LogP contribution in [0.15, 0.2) is 42.6 Å². The largest absolute Gasteiger partial charge is 0.416 e. The first-order valence-electron chi connectivity index (χ1n) is 10.0. The number of likely N-dealkylation sites (N-methyl/N-ethyl adjacent to an activating group) is 1. The van der Waals surface area contributed by atoms with Gasteiger partial charge in [-0.15, -0.1) is 12.4 Å². The third-order valence-electron chi connectivity index (χ3n) is 6.24. The predicted molar refractivity (Wildman–Crippen MR) is 111 cm³/mol. The van der Waals surface area contributed by atoms with Crippen molar-refractivity contribution in [3.63, 3.8) is 0 Å². The maximum atomic E-state index is 12.8. The number of hydrogen-bond acceptors (Lipinski definition) is 3. The lowest BCUT2D eigenvalue weighted by atomic mass is 9.86. The highest BCUT2D eigenvalue weighted by molar-refractivity contribution is 5.87. The molecule has 0 unspecified atom stereocenters. The average molecular weight is 440 g/mol. The van der Waals surface area contributed by atoms with Crippen molar-refractivity contribution in [2.24, 2.45) is 0 Å². The van der Waals surface area contributed by atoms with Crippen LogP contribution in [-0.2, 0) is 11.0 Å². The summed E-state index contributed by atoms with van der Waals surface area (Å²) in [4.78, 5) is 19.5. The van der Waals surface area contributed by atoms with Crippen LogP contribution in [0.25, 0.3) is 11.1 Å². The van der Waals surface area contributed by atoms with Gasteiger partial charge in [-0.3, -0.25) is 14.7 Å². The molecule has 2 aliphatic rings. The zero-order chi connectivity index (χ0) is 20.6. The molecule has 2 fully saturated rings. The molecule has 0 aliphatic carbocycles. The number of hydrogen-bond donors (Lipinski definition) is 1. The Morgan fingerprint density at radius 1 is 1.17 bits per heavy atom. The fourth-order valence-electron chi connectivity index (χ4n) is 4.84. The van der Waals surface area contributed by atoms with Crippen molar-refractivity contribution in [3.05, 3.63) is 53.9 Å². The molecule has 0 saturated carbocycles. The molecule has 4 nitrogen and oxygen atoms in total. The summed E-state index contributed by atoms with van der Waals surface area (Å²) in [5.41, 5.74) is 1.28. The Labute approximate surface area is 180 Å². The van der Waals surface area contributed by atoms with Gasteiger partial charge in [0.25, 0.3) is 0 Å². The summed E-state index contributed by atoms with van der Waals surface area (Å²) in [5.74, 6) is 0.104. The van der Waals surface area contributed by atoms with Crippen LogP contribution in [0.3, 0.4) is 0 Å². The number of amides is 1. The molecule has 162 valence electrons. The molecular formula is C22H25ClF3N3O. The summed E-state index contributed by atoms with van der Waals surface area (Å²) in [6, 6.07) is 8.96. The molecule has 2 saturated heterocycles. The van der Waals surface area contributed by atoms with Crippen LogP contribution in [-0.4, -0.2) is 34.4 Å². The van der Waals surface area contributed by atoms with E-state index in [1.165, 1.54) is 12.1 Å². The van der Waals surface area contributed by atoms with Gasteiger partial charge < -0.3 is 5.32 Å². The van der Waals surface area contributed by atoms with E-state index in [9.17, 15) is 18.0 Å². The van der Waals surface area contributed by atoms with E-state index in [0.29, 0.717) is 5.56 Å². The van der Waals surface area contributed by atoms with Crippen LogP contribution in [0.4, 0.5) is 13.2 Å². The van der Waals surface area contributed by atoms with Gasteiger partial charge in [-0.05, 0) is 67.6 Å². The summed E-state index contributed by atoms with van der Waals surface area (Å²) in [5, 5.41) is 3.01. The molecule has 1 aromatic heterocycles. The number of halogens is 4. The van der Waals surface area contributed by atoms with Gasteiger partial charge in [0.2, 0.25) is 5.91 Å². The van der Waals surface area contributed by atoms with Crippen molar-refractivity contribution in [2.75, 3.05) is 13.1 Å². The first-order chi connectivity index (χ1) is 13.8. The zero-order valence-corrected chi connectivity index (χ0v) is 17.5. The van der Waals surface area contributed by atoms with Crippen molar-refractivity contribution in [1.29, 1.82) is 0 Å². The minimum absolute atomic E-state index is 0. The molecule has 1 aromatic carbocycles. The van der Waals surface area contributed by atoms with Gasteiger partial charge in [-0.2, -0.15) is 13.2 Å². The van der Waals surface area contributed by atoms with Gasteiger partial charge in [-0.1, -0.05) is 19.1 Å². The van der Waals surface area contributed by atoms with Gasteiger partial charge in [-0.25, -0.2) is 0 Å². The average Bonchev–Trinajstić information content (AvgIpc) is 3.09. The van der Waals surface area contributed by atoms with Gasteiger partial charge in [0.1, 0.15) is 5.54 Å². The lowest BCUT2D eigenvalue weighted by Crippen LogP contribution is -2.58. The molecule has 3 heterocycles. The van der Waals surface area contributed by atoms with Crippen LogP contribution in [0.5, 0.6) is 0 Å². The first kappa shape index (κ1) is 22.6. The number of pyridine rings is 1. The summed E-state index contributed by atoms with van der Waals surface area (Å²) >= 11 is 0. The van der Waals surface area contributed by atoms with E-state index in [4.69, 9.17) is 0 Å². The number of rotatable bonds is 3. The number of nitrogens with one attached hydrogen (secondary N) is 1. The maximum absolute atomic E-state index is 12.8. The minimum Gasteiger partial charge on any atom is -0.354 e. The fourth-order valence-corrected chi connectivity index (χ4v) is 4.84. The monoisotopic (exact) mass is 439 g/mol. The van der Waals surface area contributed by atoms with Crippen LogP contribution < -0.4 is 5.32 Å². The van der Waals surface area contributed by atoms with Crippen molar-refractivity contribution >= 4 is 18.3 Å². The molecule has 4 rings (SSSR count). The molecule has 1 N–H and O–H groups in total. The van der Waals surface area contributed by atoms with E-state index in [1.807, 2.05) is 6.07 Å². The van der Waals surface area contributed by atoms with E-state index >= 15 is 0 Å². The molecule has 1 amide bonds. The Hall–Kier alpha value is -2.12. The Bertz CT molecular complexity index is 903. The Morgan fingerprint density at radius 3 is 2.53 bits per heavy atom. The lowest BCUT2D eigenvalue weighted by Gasteiger charge is -2.41. The number of carbonyl (C=O) groups excluding carboxylic acids is 1. The molecular weight excluding hydrogens is 415 g/mol. The second-order valence-corrected chi connectivity index (χ2v) is 7.78. The quantitative estimate of drug-likeness (QED) is 0.732. The number of piperidine rings is 1. The van der Waals surface area contributed by atoms with Crippen LogP contribution in [0.1, 0.15) is 49.9 Å². The number of likely N-dealkylation sites (tertiary alicyclic amines) is 1. The second kappa shape index (κ2) is 8.55.